The van der Waals surface area contributed by atoms with Crippen molar-refractivity contribution in [2.24, 2.45) is 5.92 Å². The number of amides is 1. The minimum absolute atomic E-state index is 0.100. The quantitative estimate of drug-likeness (QED) is 0.670. The van der Waals surface area contributed by atoms with Gasteiger partial charge in [0.2, 0.25) is 0 Å². The highest BCUT2D eigenvalue weighted by Crippen LogP contribution is 2.33. The Morgan fingerprint density at radius 1 is 1.03 bits per heavy atom. The van der Waals surface area contributed by atoms with Crippen LogP contribution in [0.5, 0.6) is 11.5 Å². The van der Waals surface area contributed by atoms with Gasteiger partial charge in [0, 0.05) is 6.61 Å². The van der Waals surface area contributed by atoms with Crippen LogP contribution in [-0.2, 0) is 9.53 Å². The molecule has 2 unspecified atom stereocenters. The van der Waals surface area contributed by atoms with E-state index in [-0.39, 0.29) is 17.9 Å². The van der Waals surface area contributed by atoms with E-state index in [0.717, 1.165) is 30.6 Å². The van der Waals surface area contributed by atoms with Crippen molar-refractivity contribution in [2.75, 3.05) is 19.0 Å². The molecule has 1 N–H and O–H groups in total. The summed E-state index contributed by atoms with van der Waals surface area (Å²) in [4.78, 5) is 12.8. The third-order valence-corrected chi connectivity index (χ3v) is 4.92. The molecular weight excluding hydrogens is 378 g/mol. The van der Waals surface area contributed by atoms with E-state index >= 15 is 0 Å². The topological polar surface area (TPSA) is 56.8 Å². The summed E-state index contributed by atoms with van der Waals surface area (Å²) in [5.74, 6) is 1.45. The summed E-state index contributed by atoms with van der Waals surface area (Å²) in [6.45, 7) is 8.56. The zero-order chi connectivity index (χ0) is 21.9. The van der Waals surface area contributed by atoms with Crippen LogP contribution in [0.25, 0.3) is 0 Å². The minimum Gasteiger partial charge on any atom is -0.497 e. The van der Waals surface area contributed by atoms with Gasteiger partial charge in [-0.3, -0.25) is 4.79 Å². The molecule has 0 saturated carbocycles. The number of anilines is 1. The van der Waals surface area contributed by atoms with E-state index in [1.54, 1.807) is 7.11 Å². The minimum atomic E-state index is -0.468. The molecule has 2 aromatic carbocycles. The molecular formula is C25H35NO4. The van der Waals surface area contributed by atoms with Crippen LogP contribution in [-0.4, -0.2) is 25.7 Å². The molecule has 1 amide bonds. The van der Waals surface area contributed by atoms with Gasteiger partial charge in [-0.1, -0.05) is 52.0 Å². The van der Waals surface area contributed by atoms with Crippen molar-refractivity contribution in [2.45, 2.75) is 59.2 Å². The molecule has 0 aromatic heterocycles. The third kappa shape index (κ3) is 6.49. The maximum absolute atomic E-state index is 12.8. The Labute approximate surface area is 180 Å². The molecule has 30 heavy (non-hydrogen) atoms. The van der Waals surface area contributed by atoms with Crippen LogP contribution in [0.15, 0.2) is 48.5 Å². The second-order valence-corrected chi connectivity index (χ2v) is 7.40. The number of rotatable bonds is 3. The van der Waals surface area contributed by atoms with Crippen molar-refractivity contribution < 1.29 is 19.0 Å². The number of hydrogen-bond donors (Lipinski definition) is 1. The molecule has 5 heteroatoms. The maximum Gasteiger partial charge on any atom is 0.253 e. The molecule has 5 nitrogen and oxygen atoms in total. The van der Waals surface area contributed by atoms with E-state index in [4.69, 9.17) is 14.2 Å². The van der Waals surface area contributed by atoms with Crippen molar-refractivity contribution in [3.05, 3.63) is 54.1 Å². The molecule has 0 spiro atoms. The SMILES string of the molecule is CC.COc1ccc(C2CCCCOC(C(C)C)C(=O)Nc3ccccc3O2)cc1. The summed E-state index contributed by atoms with van der Waals surface area (Å²) in [5, 5.41) is 2.99. The lowest BCUT2D eigenvalue weighted by atomic mass is 10.0. The number of nitrogens with one attached hydrogen (secondary N) is 1. The van der Waals surface area contributed by atoms with Gasteiger partial charge < -0.3 is 19.5 Å². The molecule has 1 heterocycles. The number of benzene rings is 2. The number of hydrogen-bond acceptors (Lipinski definition) is 4. The van der Waals surface area contributed by atoms with Crippen LogP contribution in [0.2, 0.25) is 0 Å². The second-order valence-electron chi connectivity index (χ2n) is 7.40. The van der Waals surface area contributed by atoms with Gasteiger partial charge in [-0.15, -0.1) is 0 Å². The van der Waals surface area contributed by atoms with Crippen molar-refractivity contribution in [3.63, 3.8) is 0 Å². The van der Waals surface area contributed by atoms with Crippen molar-refractivity contribution in [1.82, 2.24) is 0 Å². The summed E-state index contributed by atoms with van der Waals surface area (Å²) in [5.41, 5.74) is 1.75. The molecule has 0 bridgehead atoms. The van der Waals surface area contributed by atoms with E-state index in [0.29, 0.717) is 18.0 Å². The third-order valence-electron chi connectivity index (χ3n) is 4.92. The highest BCUT2D eigenvalue weighted by molar-refractivity contribution is 5.95. The molecule has 0 aliphatic carbocycles. The van der Waals surface area contributed by atoms with Crippen molar-refractivity contribution >= 4 is 11.6 Å². The number of fused-ring (bicyclic) bond motifs is 1. The Hall–Kier alpha value is -2.53. The highest BCUT2D eigenvalue weighted by Gasteiger charge is 2.25. The first-order valence-electron chi connectivity index (χ1n) is 10.9. The smallest absolute Gasteiger partial charge is 0.253 e. The lowest BCUT2D eigenvalue weighted by Gasteiger charge is -2.25. The van der Waals surface area contributed by atoms with Crippen LogP contribution in [0, 0.1) is 5.92 Å². The lowest BCUT2D eigenvalue weighted by Crippen LogP contribution is -2.35. The molecule has 2 atom stereocenters. The van der Waals surface area contributed by atoms with Gasteiger partial charge in [0.25, 0.3) is 5.91 Å². The van der Waals surface area contributed by atoms with Gasteiger partial charge in [0.15, 0.2) is 0 Å². The van der Waals surface area contributed by atoms with Crippen LogP contribution in [0.1, 0.15) is 58.6 Å². The molecule has 164 valence electrons. The van der Waals surface area contributed by atoms with E-state index < -0.39 is 6.10 Å². The Morgan fingerprint density at radius 2 is 1.73 bits per heavy atom. The summed E-state index contributed by atoms with van der Waals surface area (Å²) in [7, 11) is 1.66. The summed E-state index contributed by atoms with van der Waals surface area (Å²) >= 11 is 0. The van der Waals surface area contributed by atoms with Gasteiger partial charge >= 0.3 is 0 Å². The average Bonchev–Trinajstić information content (AvgIpc) is 2.76. The summed E-state index contributed by atoms with van der Waals surface area (Å²) in [6, 6.07) is 15.5. The van der Waals surface area contributed by atoms with Gasteiger partial charge in [0.05, 0.1) is 12.8 Å². The van der Waals surface area contributed by atoms with E-state index in [9.17, 15) is 4.79 Å². The zero-order valence-electron chi connectivity index (χ0n) is 18.8. The summed E-state index contributed by atoms with van der Waals surface area (Å²) < 4.78 is 17.5. The first kappa shape index (κ1) is 23.7. The fraction of sp³-hybridized carbons (Fsp3) is 0.480. The largest absolute Gasteiger partial charge is 0.497 e. The Morgan fingerprint density at radius 3 is 2.40 bits per heavy atom. The molecule has 0 saturated heterocycles. The number of ether oxygens (including phenoxy) is 3. The van der Waals surface area contributed by atoms with Crippen LogP contribution < -0.4 is 14.8 Å². The van der Waals surface area contributed by atoms with Gasteiger partial charge in [-0.2, -0.15) is 0 Å². The molecule has 3 rings (SSSR count). The van der Waals surface area contributed by atoms with Gasteiger partial charge in [-0.05, 0) is 55.0 Å². The predicted molar refractivity (Wildman–Crippen MR) is 121 cm³/mol. The van der Waals surface area contributed by atoms with E-state index in [1.165, 1.54) is 0 Å². The standard InChI is InChI=1S/C23H29NO4.C2H6/c1-16(2)22-23(25)24-19-8-4-5-10-21(19)28-20(9-6-7-15-27-22)17-11-13-18(26-3)14-12-17;1-2/h4-5,8,10-14,16,20,22H,6-7,9,15H2,1-3H3,(H,24,25);1-2H3. The fourth-order valence-corrected chi connectivity index (χ4v) is 3.35. The Kier molecular flexibility index (Phi) is 9.68. The predicted octanol–water partition coefficient (Wildman–Crippen LogP) is 6.01. The van der Waals surface area contributed by atoms with Crippen molar-refractivity contribution in [1.29, 1.82) is 0 Å². The molecule has 0 fully saturated rings. The van der Waals surface area contributed by atoms with E-state index in [2.05, 4.69) is 5.32 Å². The number of methoxy groups -OCH3 is 1. The fourth-order valence-electron chi connectivity index (χ4n) is 3.35. The van der Waals surface area contributed by atoms with Gasteiger partial charge in [-0.25, -0.2) is 0 Å². The lowest BCUT2D eigenvalue weighted by molar-refractivity contribution is -0.130. The van der Waals surface area contributed by atoms with Crippen LogP contribution >= 0.6 is 0 Å². The van der Waals surface area contributed by atoms with E-state index in [1.807, 2.05) is 76.2 Å². The zero-order valence-corrected chi connectivity index (χ0v) is 18.8. The highest BCUT2D eigenvalue weighted by atomic mass is 16.5. The number of para-hydroxylation sites is 2. The molecule has 1 aliphatic heterocycles. The Bertz CT molecular complexity index is 773. The number of carbonyl (C=O) groups excluding carboxylic acids is 1. The molecule has 0 radical (unpaired) electrons. The summed E-state index contributed by atoms with van der Waals surface area (Å²) in [6.07, 6.45) is 2.12. The van der Waals surface area contributed by atoms with Crippen LogP contribution in [0.4, 0.5) is 5.69 Å². The van der Waals surface area contributed by atoms with Crippen molar-refractivity contribution in [3.8, 4) is 11.5 Å². The number of carbonyl (C=O) groups is 1. The first-order chi connectivity index (χ1) is 14.6. The first-order valence-corrected chi connectivity index (χ1v) is 10.9. The molecule has 1 aliphatic rings. The second kappa shape index (κ2) is 12.2. The average molecular weight is 414 g/mol. The monoisotopic (exact) mass is 413 g/mol. The van der Waals surface area contributed by atoms with Gasteiger partial charge in [0.1, 0.15) is 23.7 Å². The molecule has 2 aromatic rings. The normalized spacial score (nSPS) is 19.7. The maximum atomic E-state index is 12.8. The van der Waals surface area contributed by atoms with Crippen LogP contribution in [0.3, 0.4) is 0 Å². The Balaban J connectivity index is 0.00000155.